The standard InChI is InChI=1S/C19H25NO5S/c1-14-8-10-15(11-9-14)26(24,25)20-17-12-13-18(21)16(17)6-4-2-3-5-7-19(22)23/h2,4,8-11,16-17,20H,3,5-7,12-13H2,1H3,(H,22,23)/b4-2-/t16-,17+/m1/s1. The van der Waals surface area contributed by atoms with Crippen LogP contribution in [-0.4, -0.2) is 31.3 Å². The zero-order valence-corrected chi connectivity index (χ0v) is 15.7. The van der Waals surface area contributed by atoms with Crippen molar-refractivity contribution < 1.29 is 23.1 Å². The molecule has 0 aromatic heterocycles. The largest absolute Gasteiger partial charge is 0.481 e. The van der Waals surface area contributed by atoms with Crippen LogP contribution in [0.2, 0.25) is 0 Å². The maximum Gasteiger partial charge on any atom is 0.303 e. The van der Waals surface area contributed by atoms with Gasteiger partial charge in [-0.05, 0) is 44.7 Å². The van der Waals surface area contributed by atoms with Crippen LogP contribution in [0.25, 0.3) is 0 Å². The fraction of sp³-hybridized carbons (Fsp3) is 0.474. The highest BCUT2D eigenvalue weighted by Gasteiger charge is 2.36. The lowest BCUT2D eigenvalue weighted by atomic mass is 9.99. The van der Waals surface area contributed by atoms with Crippen LogP contribution >= 0.6 is 0 Å². The molecule has 0 unspecified atom stereocenters. The van der Waals surface area contributed by atoms with E-state index in [-0.39, 0.29) is 23.0 Å². The molecule has 26 heavy (non-hydrogen) atoms. The third-order valence-corrected chi connectivity index (χ3v) is 6.06. The molecule has 2 N–H and O–H groups in total. The molecule has 0 radical (unpaired) electrons. The molecular formula is C19H25NO5S. The Balaban J connectivity index is 1.95. The van der Waals surface area contributed by atoms with Crippen LogP contribution in [0, 0.1) is 12.8 Å². The monoisotopic (exact) mass is 379 g/mol. The highest BCUT2D eigenvalue weighted by atomic mass is 32.2. The van der Waals surface area contributed by atoms with E-state index >= 15 is 0 Å². The third-order valence-electron chi connectivity index (χ3n) is 4.56. The average molecular weight is 379 g/mol. The minimum atomic E-state index is -3.66. The Kier molecular flexibility index (Phi) is 7.11. The third kappa shape index (κ3) is 5.78. The van der Waals surface area contributed by atoms with Crippen LogP contribution < -0.4 is 4.72 Å². The molecular weight excluding hydrogens is 354 g/mol. The Labute approximate surface area is 154 Å². The number of carboxylic acids is 1. The van der Waals surface area contributed by atoms with Crippen LogP contribution in [0.3, 0.4) is 0 Å². The van der Waals surface area contributed by atoms with Crippen molar-refractivity contribution in [3.63, 3.8) is 0 Å². The Hall–Kier alpha value is -1.99. The van der Waals surface area contributed by atoms with Crippen molar-refractivity contribution in [3.05, 3.63) is 42.0 Å². The number of Topliss-reactive ketones (excluding diaryl/α,β-unsaturated/α-hetero) is 1. The molecule has 0 aliphatic heterocycles. The molecule has 0 spiro atoms. The van der Waals surface area contributed by atoms with Gasteiger partial charge in [0.15, 0.2) is 0 Å². The van der Waals surface area contributed by atoms with Crippen molar-refractivity contribution >= 4 is 21.8 Å². The van der Waals surface area contributed by atoms with Gasteiger partial charge < -0.3 is 5.11 Å². The van der Waals surface area contributed by atoms with Crippen LogP contribution in [0.5, 0.6) is 0 Å². The lowest BCUT2D eigenvalue weighted by Crippen LogP contribution is -2.38. The number of aryl methyl sites for hydroxylation is 1. The highest BCUT2D eigenvalue weighted by molar-refractivity contribution is 7.89. The van der Waals surface area contributed by atoms with E-state index in [9.17, 15) is 18.0 Å². The molecule has 0 saturated heterocycles. The summed E-state index contributed by atoms with van der Waals surface area (Å²) in [6.07, 6.45) is 6.35. The van der Waals surface area contributed by atoms with E-state index in [2.05, 4.69) is 4.72 Å². The number of sulfonamides is 1. The number of carboxylic acid groups (broad SMARTS) is 1. The number of allylic oxidation sites excluding steroid dienone is 2. The van der Waals surface area contributed by atoms with E-state index in [0.29, 0.717) is 32.1 Å². The van der Waals surface area contributed by atoms with Gasteiger partial charge in [-0.2, -0.15) is 0 Å². The zero-order chi connectivity index (χ0) is 19.2. The molecule has 0 heterocycles. The van der Waals surface area contributed by atoms with Crippen molar-refractivity contribution in [2.75, 3.05) is 0 Å². The number of unbranched alkanes of at least 4 members (excludes halogenated alkanes) is 1. The number of hydrogen-bond donors (Lipinski definition) is 2. The molecule has 142 valence electrons. The molecule has 1 aromatic carbocycles. The van der Waals surface area contributed by atoms with E-state index in [4.69, 9.17) is 5.11 Å². The quantitative estimate of drug-likeness (QED) is 0.507. The SMILES string of the molecule is Cc1ccc(S(=O)(=O)N[C@H]2CCC(=O)[C@@H]2C/C=C\CCCC(=O)O)cc1. The van der Waals surface area contributed by atoms with Crippen molar-refractivity contribution in [2.45, 2.75) is 56.4 Å². The minimum absolute atomic E-state index is 0.0665. The van der Waals surface area contributed by atoms with Crippen molar-refractivity contribution in [2.24, 2.45) is 5.92 Å². The number of carbonyl (C=O) groups excluding carboxylic acids is 1. The smallest absolute Gasteiger partial charge is 0.303 e. The van der Waals surface area contributed by atoms with Gasteiger partial charge in [-0.3, -0.25) is 9.59 Å². The predicted molar refractivity (Wildman–Crippen MR) is 98.3 cm³/mol. The van der Waals surface area contributed by atoms with Gasteiger partial charge >= 0.3 is 5.97 Å². The first-order valence-corrected chi connectivity index (χ1v) is 10.3. The number of benzene rings is 1. The number of carbonyl (C=O) groups is 2. The summed E-state index contributed by atoms with van der Waals surface area (Å²) < 4.78 is 27.7. The molecule has 1 aromatic rings. The second-order valence-corrected chi connectivity index (χ2v) is 8.36. The minimum Gasteiger partial charge on any atom is -0.481 e. The number of hydrogen-bond acceptors (Lipinski definition) is 4. The first-order chi connectivity index (χ1) is 12.3. The second-order valence-electron chi connectivity index (χ2n) is 6.65. The van der Waals surface area contributed by atoms with Crippen molar-refractivity contribution in [1.82, 2.24) is 4.72 Å². The summed E-state index contributed by atoms with van der Waals surface area (Å²) in [5.74, 6) is -1.13. The molecule has 0 bridgehead atoms. The molecule has 7 heteroatoms. The summed E-state index contributed by atoms with van der Waals surface area (Å²) in [4.78, 5) is 22.8. The summed E-state index contributed by atoms with van der Waals surface area (Å²) in [6.45, 7) is 1.89. The van der Waals surface area contributed by atoms with E-state index in [0.717, 1.165) is 5.56 Å². The molecule has 2 atom stereocenters. The van der Waals surface area contributed by atoms with Crippen molar-refractivity contribution in [1.29, 1.82) is 0 Å². The van der Waals surface area contributed by atoms with Crippen LogP contribution in [0.4, 0.5) is 0 Å². The summed E-state index contributed by atoms with van der Waals surface area (Å²) in [5, 5.41) is 8.60. The van der Waals surface area contributed by atoms with E-state index in [1.807, 2.05) is 19.1 Å². The van der Waals surface area contributed by atoms with Gasteiger partial charge in [0.05, 0.1) is 4.90 Å². The average Bonchev–Trinajstić information content (AvgIpc) is 2.90. The van der Waals surface area contributed by atoms with Gasteiger partial charge in [-0.1, -0.05) is 29.8 Å². The summed E-state index contributed by atoms with van der Waals surface area (Å²) in [5.41, 5.74) is 0.978. The topological polar surface area (TPSA) is 101 Å². The van der Waals surface area contributed by atoms with Gasteiger partial charge in [-0.15, -0.1) is 0 Å². The Morgan fingerprint density at radius 1 is 1.27 bits per heavy atom. The van der Waals surface area contributed by atoms with Gasteiger partial charge in [0.1, 0.15) is 5.78 Å². The Morgan fingerprint density at radius 2 is 1.96 bits per heavy atom. The molecule has 2 rings (SSSR count). The Morgan fingerprint density at radius 3 is 2.62 bits per heavy atom. The van der Waals surface area contributed by atoms with E-state index in [1.165, 1.54) is 0 Å². The predicted octanol–water partition coefficient (Wildman–Crippen LogP) is 2.82. The first-order valence-electron chi connectivity index (χ1n) is 8.78. The molecule has 6 nitrogen and oxygen atoms in total. The molecule has 1 aliphatic carbocycles. The van der Waals surface area contributed by atoms with Crippen LogP contribution in [-0.2, 0) is 19.6 Å². The second kappa shape index (κ2) is 9.09. The summed E-state index contributed by atoms with van der Waals surface area (Å²) >= 11 is 0. The van der Waals surface area contributed by atoms with E-state index < -0.39 is 22.0 Å². The fourth-order valence-electron chi connectivity index (χ4n) is 3.06. The first kappa shape index (κ1) is 20.3. The van der Waals surface area contributed by atoms with Gasteiger partial charge in [0, 0.05) is 24.8 Å². The normalized spacial score (nSPS) is 20.7. The summed E-state index contributed by atoms with van der Waals surface area (Å²) in [6, 6.07) is 6.20. The number of ketones is 1. The maximum atomic E-state index is 12.5. The Bertz CT molecular complexity index is 768. The maximum absolute atomic E-state index is 12.5. The van der Waals surface area contributed by atoms with Gasteiger partial charge in [-0.25, -0.2) is 13.1 Å². The molecule has 1 aliphatic rings. The van der Waals surface area contributed by atoms with Crippen LogP contribution in [0.15, 0.2) is 41.3 Å². The fourth-order valence-corrected chi connectivity index (χ4v) is 4.37. The highest BCUT2D eigenvalue weighted by Crippen LogP contribution is 2.27. The molecule has 1 fully saturated rings. The lowest BCUT2D eigenvalue weighted by molar-refractivity contribution is -0.137. The van der Waals surface area contributed by atoms with E-state index in [1.54, 1.807) is 24.3 Å². The van der Waals surface area contributed by atoms with Crippen molar-refractivity contribution in [3.8, 4) is 0 Å². The lowest BCUT2D eigenvalue weighted by Gasteiger charge is -2.19. The number of nitrogens with one attached hydrogen (secondary N) is 1. The van der Waals surface area contributed by atoms with Crippen LogP contribution in [0.1, 0.15) is 44.1 Å². The number of rotatable bonds is 9. The van der Waals surface area contributed by atoms with Gasteiger partial charge in [0.2, 0.25) is 10.0 Å². The molecule has 0 amide bonds. The zero-order valence-electron chi connectivity index (χ0n) is 14.8. The molecule has 1 saturated carbocycles. The summed E-state index contributed by atoms with van der Waals surface area (Å²) in [7, 11) is -3.66. The number of aliphatic carboxylic acids is 1. The van der Waals surface area contributed by atoms with Gasteiger partial charge in [0.25, 0.3) is 0 Å².